The Hall–Kier alpha value is -2.52. The summed E-state index contributed by atoms with van der Waals surface area (Å²) in [5.74, 6) is 2.06. The van der Waals surface area contributed by atoms with Gasteiger partial charge in [0.05, 0.1) is 25.8 Å². The minimum atomic E-state index is -3.25. The average Bonchev–Trinajstić information content (AvgIpc) is 3.10. The maximum atomic E-state index is 12.8. The van der Waals surface area contributed by atoms with Gasteiger partial charge in [0.15, 0.2) is 0 Å². The highest BCUT2D eigenvalue weighted by atomic mass is 32.2. The summed E-state index contributed by atoms with van der Waals surface area (Å²) in [5, 5.41) is 0. The number of sulfonamides is 1. The number of methoxy groups -OCH3 is 1. The number of benzene rings is 1. The van der Waals surface area contributed by atoms with E-state index in [1.807, 2.05) is 31.2 Å². The molecule has 166 valence electrons. The summed E-state index contributed by atoms with van der Waals surface area (Å²) in [6.45, 7) is 4.92. The van der Waals surface area contributed by atoms with E-state index in [0.29, 0.717) is 37.7 Å². The number of aryl methyl sites for hydroxylation is 1. The van der Waals surface area contributed by atoms with Gasteiger partial charge in [0, 0.05) is 30.3 Å². The number of carbonyl (C=O) groups excluding carboxylic acids is 1. The average molecular weight is 445 g/mol. The molecule has 8 nitrogen and oxygen atoms in total. The summed E-state index contributed by atoms with van der Waals surface area (Å²) in [7, 11) is -1.63. The Morgan fingerprint density at radius 2 is 1.94 bits per heavy atom. The Balaban J connectivity index is 1.62. The van der Waals surface area contributed by atoms with Gasteiger partial charge in [0.25, 0.3) is 0 Å². The molecule has 0 N–H and O–H groups in total. The number of carbonyl (C=O) groups is 1. The van der Waals surface area contributed by atoms with Crippen molar-refractivity contribution in [2.24, 2.45) is 0 Å². The fourth-order valence-electron chi connectivity index (χ4n) is 4.24. The second kappa shape index (κ2) is 8.55. The Bertz CT molecular complexity index is 1090. The molecular formula is C22H28N4O4S. The van der Waals surface area contributed by atoms with Gasteiger partial charge in [0.2, 0.25) is 15.9 Å². The highest BCUT2D eigenvalue weighted by Crippen LogP contribution is 2.34. The van der Waals surface area contributed by atoms with E-state index in [4.69, 9.17) is 9.72 Å². The second-order valence-corrected chi connectivity index (χ2v) is 10.3. The number of aromatic nitrogens is 2. The van der Waals surface area contributed by atoms with Crippen LogP contribution in [0.25, 0.3) is 0 Å². The molecule has 0 radical (unpaired) electrons. The molecule has 0 bridgehead atoms. The molecule has 4 rings (SSSR count). The molecule has 1 aromatic carbocycles. The van der Waals surface area contributed by atoms with Crippen molar-refractivity contribution in [3.05, 3.63) is 46.9 Å². The van der Waals surface area contributed by atoms with Crippen LogP contribution in [0.5, 0.6) is 5.75 Å². The van der Waals surface area contributed by atoms with Crippen LogP contribution in [0.4, 0.5) is 5.82 Å². The fraction of sp³-hybridized carbons (Fsp3) is 0.500. The van der Waals surface area contributed by atoms with Gasteiger partial charge >= 0.3 is 0 Å². The molecule has 1 saturated heterocycles. The normalized spacial score (nSPS) is 19.5. The molecule has 0 saturated carbocycles. The van der Waals surface area contributed by atoms with Gasteiger partial charge in [-0.1, -0.05) is 12.1 Å². The third kappa shape index (κ3) is 4.29. The van der Waals surface area contributed by atoms with E-state index < -0.39 is 10.0 Å². The summed E-state index contributed by atoms with van der Waals surface area (Å²) >= 11 is 0. The van der Waals surface area contributed by atoms with E-state index >= 15 is 0 Å². The van der Waals surface area contributed by atoms with Gasteiger partial charge in [-0.15, -0.1) is 0 Å². The number of hydrogen-bond acceptors (Lipinski definition) is 6. The van der Waals surface area contributed by atoms with Crippen molar-refractivity contribution in [3.63, 3.8) is 0 Å². The third-order valence-electron chi connectivity index (χ3n) is 6.10. The van der Waals surface area contributed by atoms with Gasteiger partial charge in [-0.2, -0.15) is 0 Å². The fourth-order valence-corrected chi connectivity index (χ4v) is 5.42. The Morgan fingerprint density at radius 3 is 2.61 bits per heavy atom. The van der Waals surface area contributed by atoms with E-state index in [9.17, 15) is 13.2 Å². The molecule has 0 spiro atoms. The first-order valence-electron chi connectivity index (χ1n) is 10.6. The molecule has 0 aliphatic carbocycles. The van der Waals surface area contributed by atoms with Crippen LogP contribution in [-0.2, 0) is 27.8 Å². The maximum Gasteiger partial charge on any atom is 0.233 e. The molecule has 1 amide bonds. The number of piperidine rings is 1. The number of nitrogens with zero attached hydrogens (tertiary/aromatic N) is 4. The van der Waals surface area contributed by atoms with Crippen LogP contribution < -0.4 is 9.64 Å². The first-order chi connectivity index (χ1) is 14.8. The maximum absolute atomic E-state index is 12.8. The minimum Gasteiger partial charge on any atom is -0.497 e. The smallest absolute Gasteiger partial charge is 0.233 e. The van der Waals surface area contributed by atoms with Crippen LogP contribution in [0.2, 0.25) is 0 Å². The van der Waals surface area contributed by atoms with Crippen molar-refractivity contribution in [2.45, 2.75) is 45.6 Å². The molecule has 9 heteroatoms. The largest absolute Gasteiger partial charge is 0.497 e. The number of anilines is 1. The molecule has 2 aliphatic heterocycles. The van der Waals surface area contributed by atoms with Crippen molar-refractivity contribution < 1.29 is 17.9 Å². The van der Waals surface area contributed by atoms with Crippen LogP contribution >= 0.6 is 0 Å². The summed E-state index contributed by atoms with van der Waals surface area (Å²) < 4.78 is 31.5. The van der Waals surface area contributed by atoms with Crippen molar-refractivity contribution in [1.82, 2.24) is 14.3 Å². The molecule has 2 aromatic rings. The van der Waals surface area contributed by atoms with E-state index in [2.05, 4.69) is 4.98 Å². The molecule has 3 heterocycles. The Labute approximate surface area is 183 Å². The lowest BCUT2D eigenvalue weighted by Crippen LogP contribution is -2.40. The van der Waals surface area contributed by atoms with E-state index in [0.717, 1.165) is 35.4 Å². The first kappa shape index (κ1) is 21.7. The van der Waals surface area contributed by atoms with Gasteiger partial charge in [-0.25, -0.2) is 22.7 Å². The quantitative estimate of drug-likeness (QED) is 0.679. The monoisotopic (exact) mass is 444 g/mol. The predicted octanol–water partition coefficient (Wildman–Crippen LogP) is 2.41. The van der Waals surface area contributed by atoms with Crippen LogP contribution in [0.15, 0.2) is 24.3 Å². The number of amides is 1. The molecule has 1 atom stereocenters. The number of fused-ring (bicyclic) bond motifs is 1. The van der Waals surface area contributed by atoms with Gasteiger partial charge in [-0.3, -0.25) is 9.69 Å². The lowest BCUT2D eigenvalue weighted by atomic mass is 9.98. The lowest BCUT2D eigenvalue weighted by molar-refractivity contribution is -0.117. The van der Waals surface area contributed by atoms with E-state index in [1.165, 1.54) is 0 Å². The van der Waals surface area contributed by atoms with Crippen LogP contribution in [-0.4, -0.2) is 54.6 Å². The van der Waals surface area contributed by atoms with Gasteiger partial charge in [0.1, 0.15) is 17.4 Å². The third-order valence-corrected chi connectivity index (χ3v) is 7.95. The number of ether oxygens (including phenoxy) is 1. The van der Waals surface area contributed by atoms with E-state index in [-0.39, 0.29) is 17.6 Å². The zero-order chi connectivity index (χ0) is 22.2. The van der Waals surface area contributed by atoms with Crippen LogP contribution in [0, 0.1) is 6.92 Å². The summed E-state index contributed by atoms with van der Waals surface area (Å²) in [6, 6.07) is 7.62. The standard InChI is InChI=1S/C22H28N4O4S/c1-4-31(28,29)25-11-5-6-17(14-25)21-23-15(2)19-12-20(27)26(22(19)24-21)13-16-7-9-18(30-3)10-8-16/h7-10,17H,4-6,11-14H2,1-3H3. The van der Waals surface area contributed by atoms with Crippen molar-refractivity contribution in [1.29, 1.82) is 0 Å². The van der Waals surface area contributed by atoms with Crippen LogP contribution in [0.1, 0.15) is 48.3 Å². The van der Waals surface area contributed by atoms with Crippen molar-refractivity contribution >= 4 is 21.7 Å². The zero-order valence-corrected chi connectivity index (χ0v) is 19.0. The summed E-state index contributed by atoms with van der Waals surface area (Å²) in [5.41, 5.74) is 2.63. The highest BCUT2D eigenvalue weighted by Gasteiger charge is 2.34. The summed E-state index contributed by atoms with van der Waals surface area (Å²) in [4.78, 5) is 23.9. The van der Waals surface area contributed by atoms with Crippen molar-refractivity contribution in [3.8, 4) is 5.75 Å². The summed E-state index contributed by atoms with van der Waals surface area (Å²) in [6.07, 6.45) is 1.90. The Morgan fingerprint density at radius 1 is 1.19 bits per heavy atom. The lowest BCUT2D eigenvalue weighted by Gasteiger charge is -2.31. The molecule has 31 heavy (non-hydrogen) atoms. The second-order valence-electron chi connectivity index (χ2n) is 8.07. The predicted molar refractivity (Wildman–Crippen MR) is 118 cm³/mol. The topological polar surface area (TPSA) is 92.7 Å². The highest BCUT2D eigenvalue weighted by molar-refractivity contribution is 7.89. The SMILES string of the molecule is CCS(=O)(=O)N1CCCC(c2nc(C)c3c(n2)N(Cc2ccc(OC)cc2)C(=O)C3)C1. The minimum absolute atomic E-state index is 0.000741. The molecule has 1 unspecified atom stereocenters. The molecule has 1 fully saturated rings. The Kier molecular flexibility index (Phi) is 5.98. The number of hydrogen-bond donors (Lipinski definition) is 0. The van der Waals surface area contributed by atoms with Gasteiger partial charge in [-0.05, 0) is 44.4 Å². The van der Waals surface area contributed by atoms with E-state index in [1.54, 1.807) is 23.2 Å². The number of rotatable bonds is 6. The zero-order valence-electron chi connectivity index (χ0n) is 18.2. The van der Waals surface area contributed by atoms with Crippen LogP contribution in [0.3, 0.4) is 0 Å². The van der Waals surface area contributed by atoms with Gasteiger partial charge < -0.3 is 4.74 Å². The molecule has 2 aliphatic rings. The molecular weight excluding hydrogens is 416 g/mol. The molecule has 1 aromatic heterocycles. The first-order valence-corrected chi connectivity index (χ1v) is 12.2. The van der Waals surface area contributed by atoms with Crippen molar-refractivity contribution in [2.75, 3.05) is 30.9 Å².